The molecule has 0 bridgehead atoms. The van der Waals surface area contributed by atoms with Gasteiger partial charge >= 0.3 is 0 Å². The van der Waals surface area contributed by atoms with Crippen LogP contribution >= 0.6 is 11.6 Å². The summed E-state index contributed by atoms with van der Waals surface area (Å²) in [5.74, 6) is -0.0168. The van der Waals surface area contributed by atoms with Gasteiger partial charge in [0.15, 0.2) is 0 Å². The zero-order valence-electron chi connectivity index (χ0n) is 13.6. The van der Waals surface area contributed by atoms with Gasteiger partial charge in [-0.05, 0) is 31.5 Å². The van der Waals surface area contributed by atoms with Gasteiger partial charge in [-0.2, -0.15) is 0 Å². The minimum Gasteiger partial charge on any atom is -0.325 e. The van der Waals surface area contributed by atoms with Gasteiger partial charge in [0.05, 0.1) is 10.7 Å². The van der Waals surface area contributed by atoms with Crippen molar-refractivity contribution in [3.05, 3.63) is 65.2 Å². The second-order valence-electron chi connectivity index (χ2n) is 5.83. The summed E-state index contributed by atoms with van der Waals surface area (Å²) in [5.41, 5.74) is 1.92. The van der Waals surface area contributed by atoms with Crippen molar-refractivity contribution in [2.24, 2.45) is 0 Å². The number of benzene rings is 2. The zero-order chi connectivity index (χ0) is 16.7. The van der Waals surface area contributed by atoms with Crippen molar-refractivity contribution < 1.29 is 4.79 Å². The first kappa shape index (κ1) is 17.5. The van der Waals surface area contributed by atoms with Gasteiger partial charge < -0.3 is 5.32 Å². The van der Waals surface area contributed by atoms with E-state index in [-0.39, 0.29) is 5.91 Å². The summed E-state index contributed by atoms with van der Waals surface area (Å²) >= 11 is 6.06. The van der Waals surface area contributed by atoms with Crippen molar-refractivity contribution in [1.29, 1.82) is 0 Å². The van der Waals surface area contributed by atoms with E-state index in [2.05, 4.69) is 36.2 Å². The molecule has 0 unspecified atom stereocenters. The summed E-state index contributed by atoms with van der Waals surface area (Å²) in [7, 11) is 0. The van der Waals surface area contributed by atoms with Crippen LogP contribution in [0, 0.1) is 0 Å². The Kier molecular flexibility index (Phi) is 6.63. The van der Waals surface area contributed by atoms with Crippen LogP contribution in [-0.2, 0) is 11.3 Å². The van der Waals surface area contributed by atoms with Crippen molar-refractivity contribution in [2.45, 2.75) is 32.9 Å². The van der Waals surface area contributed by atoms with Crippen molar-refractivity contribution in [3.63, 3.8) is 0 Å². The number of carbonyl (C=O) groups is 1. The minimum atomic E-state index is -0.0168. The van der Waals surface area contributed by atoms with Gasteiger partial charge in [0.1, 0.15) is 0 Å². The van der Waals surface area contributed by atoms with Gasteiger partial charge in [-0.3, -0.25) is 9.69 Å². The second kappa shape index (κ2) is 8.70. The SMILES string of the molecule is CC(C)N(CCC(=O)Nc1ccccc1Cl)Cc1ccccc1. The molecule has 0 fully saturated rings. The van der Waals surface area contributed by atoms with Crippen LogP contribution < -0.4 is 5.32 Å². The fraction of sp³-hybridized carbons (Fsp3) is 0.316. The van der Waals surface area contributed by atoms with Crippen molar-refractivity contribution >= 4 is 23.2 Å². The number of anilines is 1. The molecular weight excluding hydrogens is 308 g/mol. The highest BCUT2D eigenvalue weighted by Crippen LogP contribution is 2.20. The van der Waals surface area contributed by atoms with E-state index < -0.39 is 0 Å². The maximum Gasteiger partial charge on any atom is 0.225 e. The molecule has 23 heavy (non-hydrogen) atoms. The predicted molar refractivity (Wildman–Crippen MR) is 96.7 cm³/mol. The molecular formula is C19H23ClN2O. The summed E-state index contributed by atoms with van der Waals surface area (Å²) in [6, 6.07) is 18.0. The van der Waals surface area contributed by atoms with E-state index in [1.807, 2.05) is 36.4 Å². The Morgan fingerprint density at radius 3 is 2.39 bits per heavy atom. The van der Waals surface area contributed by atoms with Crippen molar-refractivity contribution in [2.75, 3.05) is 11.9 Å². The highest BCUT2D eigenvalue weighted by molar-refractivity contribution is 6.33. The molecule has 2 aromatic carbocycles. The average Bonchev–Trinajstić information content (AvgIpc) is 2.54. The molecule has 0 atom stereocenters. The highest BCUT2D eigenvalue weighted by Gasteiger charge is 2.13. The topological polar surface area (TPSA) is 32.3 Å². The molecule has 0 spiro atoms. The molecule has 1 N–H and O–H groups in total. The quantitative estimate of drug-likeness (QED) is 0.806. The van der Waals surface area contributed by atoms with E-state index in [1.54, 1.807) is 6.07 Å². The minimum absolute atomic E-state index is 0.0168. The fourth-order valence-electron chi connectivity index (χ4n) is 2.36. The predicted octanol–water partition coefficient (Wildman–Crippen LogP) is 4.58. The van der Waals surface area contributed by atoms with Gasteiger partial charge in [0.25, 0.3) is 0 Å². The van der Waals surface area contributed by atoms with Gasteiger partial charge in [-0.1, -0.05) is 54.1 Å². The van der Waals surface area contributed by atoms with Gasteiger partial charge in [0.2, 0.25) is 5.91 Å². The lowest BCUT2D eigenvalue weighted by Gasteiger charge is -2.26. The lowest BCUT2D eigenvalue weighted by Crippen LogP contribution is -2.33. The number of hydrogen-bond donors (Lipinski definition) is 1. The fourth-order valence-corrected chi connectivity index (χ4v) is 2.54. The van der Waals surface area contributed by atoms with E-state index >= 15 is 0 Å². The number of para-hydroxylation sites is 1. The summed E-state index contributed by atoms with van der Waals surface area (Å²) in [5, 5.41) is 3.43. The standard InChI is InChI=1S/C19H23ClN2O/c1-15(2)22(14-16-8-4-3-5-9-16)13-12-19(23)21-18-11-7-6-10-17(18)20/h3-11,15H,12-14H2,1-2H3,(H,21,23). The summed E-state index contributed by atoms with van der Waals surface area (Å²) < 4.78 is 0. The molecule has 0 aliphatic carbocycles. The van der Waals surface area contributed by atoms with Gasteiger partial charge in [-0.15, -0.1) is 0 Å². The molecule has 0 aliphatic rings. The molecule has 0 saturated carbocycles. The number of hydrogen-bond acceptors (Lipinski definition) is 2. The number of amides is 1. The van der Waals surface area contributed by atoms with Crippen molar-refractivity contribution in [1.82, 2.24) is 4.90 Å². The Hall–Kier alpha value is -1.84. The Balaban J connectivity index is 1.88. The van der Waals surface area contributed by atoms with Crippen LogP contribution in [0.2, 0.25) is 5.02 Å². The third-order valence-electron chi connectivity index (χ3n) is 3.73. The lowest BCUT2D eigenvalue weighted by molar-refractivity contribution is -0.116. The molecule has 2 rings (SSSR count). The van der Waals surface area contributed by atoms with Gasteiger partial charge in [-0.25, -0.2) is 0 Å². The summed E-state index contributed by atoms with van der Waals surface area (Å²) in [6.07, 6.45) is 0.441. The summed E-state index contributed by atoms with van der Waals surface area (Å²) in [4.78, 5) is 14.4. The van der Waals surface area contributed by atoms with E-state index in [1.165, 1.54) is 5.56 Å². The number of nitrogens with zero attached hydrogens (tertiary/aromatic N) is 1. The normalized spacial score (nSPS) is 11.0. The zero-order valence-corrected chi connectivity index (χ0v) is 14.4. The number of nitrogens with one attached hydrogen (secondary N) is 1. The number of rotatable bonds is 7. The molecule has 2 aromatic rings. The number of carbonyl (C=O) groups excluding carboxylic acids is 1. The van der Waals surface area contributed by atoms with Crippen molar-refractivity contribution in [3.8, 4) is 0 Å². The molecule has 0 aliphatic heterocycles. The Labute approximate surface area is 143 Å². The highest BCUT2D eigenvalue weighted by atomic mass is 35.5. The Morgan fingerprint density at radius 2 is 1.74 bits per heavy atom. The van der Waals surface area contributed by atoms with Crippen LogP contribution in [0.5, 0.6) is 0 Å². The molecule has 1 amide bonds. The van der Waals surface area contributed by atoms with E-state index in [0.29, 0.717) is 29.7 Å². The average molecular weight is 331 g/mol. The molecule has 122 valence electrons. The molecule has 0 aromatic heterocycles. The Bertz CT molecular complexity index is 628. The first-order valence-corrected chi connectivity index (χ1v) is 8.26. The van der Waals surface area contributed by atoms with E-state index in [9.17, 15) is 4.79 Å². The van der Waals surface area contributed by atoms with Crippen LogP contribution in [-0.4, -0.2) is 23.4 Å². The summed E-state index contributed by atoms with van der Waals surface area (Å²) in [6.45, 7) is 5.85. The van der Waals surface area contributed by atoms with Crippen LogP contribution in [0.15, 0.2) is 54.6 Å². The maximum atomic E-state index is 12.1. The first-order chi connectivity index (χ1) is 11.1. The molecule has 0 saturated heterocycles. The lowest BCUT2D eigenvalue weighted by atomic mass is 10.2. The van der Waals surface area contributed by atoms with E-state index in [0.717, 1.165) is 6.54 Å². The number of halogens is 1. The van der Waals surface area contributed by atoms with E-state index in [4.69, 9.17) is 11.6 Å². The molecule has 4 heteroatoms. The van der Waals surface area contributed by atoms with Crippen LogP contribution in [0.25, 0.3) is 0 Å². The molecule has 0 radical (unpaired) electrons. The van der Waals surface area contributed by atoms with Gasteiger partial charge in [0, 0.05) is 25.6 Å². The largest absolute Gasteiger partial charge is 0.325 e. The Morgan fingerprint density at radius 1 is 1.09 bits per heavy atom. The monoisotopic (exact) mass is 330 g/mol. The first-order valence-electron chi connectivity index (χ1n) is 7.88. The molecule has 3 nitrogen and oxygen atoms in total. The van der Waals surface area contributed by atoms with Crippen LogP contribution in [0.4, 0.5) is 5.69 Å². The second-order valence-corrected chi connectivity index (χ2v) is 6.24. The third kappa shape index (κ3) is 5.70. The molecule has 0 heterocycles. The third-order valence-corrected chi connectivity index (χ3v) is 4.06. The smallest absolute Gasteiger partial charge is 0.225 e. The van der Waals surface area contributed by atoms with Crippen LogP contribution in [0.3, 0.4) is 0 Å². The maximum absolute atomic E-state index is 12.1. The van der Waals surface area contributed by atoms with Crippen LogP contribution in [0.1, 0.15) is 25.8 Å².